The first kappa shape index (κ1) is 14.6. The quantitative estimate of drug-likeness (QED) is 0.942. The van der Waals surface area contributed by atoms with Crippen molar-refractivity contribution in [2.24, 2.45) is 5.10 Å². The fourth-order valence-corrected chi connectivity index (χ4v) is 3.38. The smallest absolute Gasteiger partial charge is 0.278 e. The maximum Gasteiger partial charge on any atom is 0.278 e. The van der Waals surface area contributed by atoms with Crippen LogP contribution in [0.5, 0.6) is 17.2 Å². The van der Waals surface area contributed by atoms with Crippen molar-refractivity contribution in [2.45, 2.75) is 12.5 Å². The van der Waals surface area contributed by atoms with E-state index in [4.69, 9.17) is 9.47 Å². The molecular weight excluding hydrogens is 308 g/mol. The molecule has 1 amide bonds. The molecule has 0 saturated carbocycles. The number of hydrogen-bond donors (Lipinski definition) is 1. The molecule has 2 aliphatic rings. The van der Waals surface area contributed by atoms with E-state index in [0.717, 1.165) is 5.56 Å². The lowest BCUT2D eigenvalue weighted by atomic mass is 9.97. The molecule has 24 heavy (non-hydrogen) atoms. The second-order valence-electron chi connectivity index (χ2n) is 5.70. The van der Waals surface area contributed by atoms with E-state index in [1.807, 2.05) is 12.1 Å². The fraction of sp³-hybridized carbons (Fsp3) is 0.222. The summed E-state index contributed by atoms with van der Waals surface area (Å²) in [6.07, 6.45) is 0.547. The normalized spacial score (nSPS) is 18.2. The van der Waals surface area contributed by atoms with Gasteiger partial charge in [-0.3, -0.25) is 4.79 Å². The summed E-state index contributed by atoms with van der Waals surface area (Å²) in [5.74, 6) is 0.915. The number of ether oxygens (including phenoxy) is 2. The number of rotatable bonds is 3. The number of carbonyl (C=O) groups is 1. The molecule has 4 rings (SSSR count). The van der Waals surface area contributed by atoms with E-state index in [0.29, 0.717) is 34.8 Å². The van der Waals surface area contributed by atoms with Crippen LogP contribution in [0, 0.1) is 0 Å². The van der Waals surface area contributed by atoms with Crippen molar-refractivity contribution in [1.82, 2.24) is 5.01 Å². The Balaban J connectivity index is 1.78. The molecule has 122 valence electrons. The number of phenolic OH excluding ortho intramolecular Hbond substituents is 1. The topological polar surface area (TPSA) is 71.4 Å². The first-order valence-electron chi connectivity index (χ1n) is 7.60. The summed E-state index contributed by atoms with van der Waals surface area (Å²) in [5, 5.41) is 15.9. The van der Waals surface area contributed by atoms with E-state index < -0.39 is 0 Å². The van der Waals surface area contributed by atoms with Crippen molar-refractivity contribution in [3.63, 3.8) is 0 Å². The van der Waals surface area contributed by atoms with Crippen molar-refractivity contribution in [1.29, 1.82) is 0 Å². The highest BCUT2D eigenvalue weighted by atomic mass is 16.5. The summed E-state index contributed by atoms with van der Waals surface area (Å²) in [5.41, 5.74) is 2.72. The van der Waals surface area contributed by atoms with Gasteiger partial charge >= 0.3 is 0 Å². The van der Waals surface area contributed by atoms with Gasteiger partial charge in [0, 0.05) is 12.0 Å². The number of amides is 1. The van der Waals surface area contributed by atoms with Crippen LogP contribution in [-0.4, -0.2) is 36.0 Å². The van der Waals surface area contributed by atoms with Gasteiger partial charge in [-0.25, -0.2) is 5.01 Å². The van der Waals surface area contributed by atoms with Crippen LogP contribution in [0.2, 0.25) is 0 Å². The molecule has 0 unspecified atom stereocenters. The van der Waals surface area contributed by atoms with Crippen LogP contribution in [0.1, 0.15) is 33.9 Å². The minimum atomic E-state index is -0.212. The summed E-state index contributed by atoms with van der Waals surface area (Å²) in [7, 11) is 3.06. The zero-order valence-corrected chi connectivity index (χ0v) is 13.3. The Morgan fingerprint density at radius 1 is 1.17 bits per heavy atom. The predicted molar refractivity (Wildman–Crippen MR) is 87.7 cm³/mol. The largest absolute Gasteiger partial charge is 0.507 e. The molecule has 2 aromatic rings. The molecule has 0 radical (unpaired) electrons. The third kappa shape index (κ3) is 1.89. The lowest BCUT2D eigenvalue weighted by Gasteiger charge is -2.12. The van der Waals surface area contributed by atoms with Gasteiger partial charge in [0.25, 0.3) is 5.91 Å². The summed E-state index contributed by atoms with van der Waals surface area (Å²) in [6, 6.07) is 10.5. The number of para-hydroxylation sites is 1. The first-order valence-corrected chi connectivity index (χ1v) is 7.60. The molecule has 0 aromatic heterocycles. The monoisotopic (exact) mass is 324 g/mol. The number of hydrazone groups is 1. The Labute approximate surface area is 138 Å². The number of aromatic hydroxyl groups is 1. The molecular formula is C18H16N2O4. The molecule has 2 heterocycles. The third-order valence-electron chi connectivity index (χ3n) is 4.48. The van der Waals surface area contributed by atoms with Gasteiger partial charge < -0.3 is 14.6 Å². The fourth-order valence-electron chi connectivity index (χ4n) is 3.38. The number of carbonyl (C=O) groups excluding carboxylic acids is 1. The van der Waals surface area contributed by atoms with Crippen molar-refractivity contribution in [3.8, 4) is 17.2 Å². The number of hydrogen-bond acceptors (Lipinski definition) is 5. The molecule has 0 saturated heterocycles. The second-order valence-corrected chi connectivity index (χ2v) is 5.70. The van der Waals surface area contributed by atoms with Crippen LogP contribution in [0.4, 0.5) is 0 Å². The van der Waals surface area contributed by atoms with Crippen LogP contribution in [0.25, 0.3) is 0 Å². The van der Waals surface area contributed by atoms with E-state index in [9.17, 15) is 9.90 Å². The molecule has 0 spiro atoms. The van der Waals surface area contributed by atoms with Gasteiger partial charge in [-0.05, 0) is 23.8 Å². The minimum absolute atomic E-state index is 0.164. The Kier molecular flexibility index (Phi) is 3.19. The zero-order valence-electron chi connectivity index (χ0n) is 13.3. The maximum absolute atomic E-state index is 12.8. The maximum atomic E-state index is 12.8. The zero-order chi connectivity index (χ0) is 16.8. The van der Waals surface area contributed by atoms with E-state index in [2.05, 4.69) is 5.10 Å². The SMILES string of the molecule is COc1ccc2c(c1OC)C(=O)N1N=C(c3ccccc3O)C[C@@H]21. The van der Waals surface area contributed by atoms with E-state index in [-0.39, 0.29) is 17.7 Å². The third-order valence-corrected chi connectivity index (χ3v) is 4.48. The van der Waals surface area contributed by atoms with Gasteiger partial charge in [0.1, 0.15) is 5.75 Å². The molecule has 6 heteroatoms. The van der Waals surface area contributed by atoms with Gasteiger partial charge in [0.2, 0.25) is 0 Å². The lowest BCUT2D eigenvalue weighted by molar-refractivity contribution is 0.0753. The Hall–Kier alpha value is -3.02. The van der Waals surface area contributed by atoms with Gasteiger partial charge in [0.15, 0.2) is 11.5 Å². The number of methoxy groups -OCH3 is 2. The van der Waals surface area contributed by atoms with Gasteiger partial charge in [-0.1, -0.05) is 18.2 Å². The molecule has 2 aromatic carbocycles. The van der Waals surface area contributed by atoms with E-state index >= 15 is 0 Å². The molecule has 1 atom stereocenters. The average molecular weight is 324 g/mol. The summed E-state index contributed by atoms with van der Waals surface area (Å²) < 4.78 is 10.7. The van der Waals surface area contributed by atoms with Crippen LogP contribution in [-0.2, 0) is 0 Å². The van der Waals surface area contributed by atoms with Crippen LogP contribution >= 0.6 is 0 Å². The van der Waals surface area contributed by atoms with E-state index in [1.165, 1.54) is 12.1 Å². The van der Waals surface area contributed by atoms with Crippen molar-refractivity contribution >= 4 is 11.6 Å². The Morgan fingerprint density at radius 2 is 1.96 bits per heavy atom. The molecule has 0 fully saturated rings. The van der Waals surface area contributed by atoms with Crippen LogP contribution < -0.4 is 9.47 Å². The standard InChI is InChI=1S/C18H16N2O4/c1-23-15-8-7-11-13-9-12(10-5-3-4-6-14(10)21)19-20(13)18(22)16(11)17(15)24-2/h3-8,13,21H,9H2,1-2H3/t13-/m0/s1. The number of nitrogens with zero attached hydrogens (tertiary/aromatic N) is 2. The summed E-state index contributed by atoms with van der Waals surface area (Å²) in [4.78, 5) is 12.8. The number of benzene rings is 2. The highest BCUT2D eigenvalue weighted by Crippen LogP contribution is 2.47. The first-order chi connectivity index (χ1) is 11.7. The van der Waals surface area contributed by atoms with E-state index in [1.54, 1.807) is 31.4 Å². The highest BCUT2D eigenvalue weighted by Gasteiger charge is 2.44. The Morgan fingerprint density at radius 3 is 2.67 bits per heavy atom. The Bertz CT molecular complexity index is 875. The minimum Gasteiger partial charge on any atom is -0.507 e. The van der Waals surface area contributed by atoms with Gasteiger partial charge in [0.05, 0.1) is 31.5 Å². The molecule has 2 aliphatic heterocycles. The second kappa shape index (κ2) is 5.26. The van der Waals surface area contributed by atoms with Gasteiger partial charge in [-0.15, -0.1) is 0 Å². The van der Waals surface area contributed by atoms with Crippen molar-refractivity contribution < 1.29 is 19.4 Å². The summed E-state index contributed by atoms with van der Waals surface area (Å²) >= 11 is 0. The number of fused-ring (bicyclic) bond motifs is 3. The predicted octanol–water partition coefficient (Wildman–Crippen LogP) is 2.71. The highest BCUT2D eigenvalue weighted by molar-refractivity contribution is 6.10. The summed E-state index contributed by atoms with van der Waals surface area (Å²) in [6.45, 7) is 0. The molecule has 1 N–H and O–H groups in total. The molecule has 0 aliphatic carbocycles. The van der Waals surface area contributed by atoms with Crippen molar-refractivity contribution in [2.75, 3.05) is 14.2 Å². The van der Waals surface area contributed by atoms with Gasteiger partial charge in [-0.2, -0.15) is 5.10 Å². The molecule has 0 bridgehead atoms. The van der Waals surface area contributed by atoms with Crippen LogP contribution in [0.3, 0.4) is 0 Å². The lowest BCUT2D eigenvalue weighted by Crippen LogP contribution is -2.18. The average Bonchev–Trinajstić information content (AvgIpc) is 3.14. The number of phenols is 1. The molecule has 6 nitrogen and oxygen atoms in total. The van der Waals surface area contributed by atoms with Crippen LogP contribution in [0.15, 0.2) is 41.5 Å². The van der Waals surface area contributed by atoms with Crippen molar-refractivity contribution in [3.05, 3.63) is 53.1 Å².